The minimum atomic E-state index is 0.293. The van der Waals surface area contributed by atoms with E-state index in [0.29, 0.717) is 24.3 Å². The smallest absolute Gasteiger partial charge is 0.0653 e. The molecule has 0 aliphatic rings. The van der Waals surface area contributed by atoms with Crippen LogP contribution in [0.25, 0.3) is 0 Å². The molecular formula is C24H41N7. The Hall–Kier alpha value is -2.41. The largest absolute Gasteiger partial charge is 0.402 e. The van der Waals surface area contributed by atoms with Gasteiger partial charge in [0.15, 0.2) is 0 Å². The van der Waals surface area contributed by atoms with Gasteiger partial charge in [0.05, 0.1) is 28.5 Å². The van der Waals surface area contributed by atoms with Crippen molar-refractivity contribution in [1.82, 2.24) is 24.5 Å². The van der Waals surface area contributed by atoms with Gasteiger partial charge in [-0.25, -0.2) is 0 Å². The van der Waals surface area contributed by atoms with Crippen molar-refractivity contribution in [2.45, 2.75) is 66.5 Å². The number of allylic oxidation sites excluding steroid dienone is 1. The van der Waals surface area contributed by atoms with Crippen molar-refractivity contribution in [3.8, 4) is 0 Å². The Labute approximate surface area is 188 Å². The molecule has 7 heteroatoms. The fourth-order valence-electron chi connectivity index (χ4n) is 3.32. The molecule has 0 amide bonds. The van der Waals surface area contributed by atoms with Crippen molar-refractivity contribution in [3.05, 3.63) is 46.7 Å². The summed E-state index contributed by atoms with van der Waals surface area (Å²) in [5.41, 5.74) is 12.7. The molecule has 172 valence electrons. The lowest BCUT2D eigenvalue weighted by Crippen LogP contribution is -2.30. The quantitative estimate of drug-likeness (QED) is 0.582. The normalized spacial score (nSPS) is 13.5. The summed E-state index contributed by atoms with van der Waals surface area (Å²) in [7, 11) is 5.87. The molecule has 31 heavy (non-hydrogen) atoms. The number of hydrogen-bond acceptors (Lipinski definition) is 5. The first kappa shape index (κ1) is 24.9. The molecular weight excluding hydrogens is 386 g/mol. The lowest BCUT2D eigenvalue weighted by molar-refractivity contribution is 0.278. The number of nitrogens with two attached hydrogens (primary N) is 1. The van der Waals surface area contributed by atoms with E-state index in [1.165, 1.54) is 11.4 Å². The highest BCUT2D eigenvalue weighted by Gasteiger charge is 2.17. The molecule has 0 fully saturated rings. The number of rotatable bonds is 10. The van der Waals surface area contributed by atoms with Crippen molar-refractivity contribution in [2.75, 3.05) is 13.6 Å². The second-order valence-electron chi connectivity index (χ2n) is 9.34. The van der Waals surface area contributed by atoms with Crippen LogP contribution in [-0.4, -0.2) is 43.8 Å². The van der Waals surface area contributed by atoms with Gasteiger partial charge < -0.3 is 5.73 Å². The predicted molar refractivity (Wildman–Crippen MR) is 129 cm³/mol. The van der Waals surface area contributed by atoms with E-state index in [9.17, 15) is 0 Å². The predicted octanol–water partition coefficient (Wildman–Crippen LogP) is 3.97. The third kappa shape index (κ3) is 6.79. The van der Waals surface area contributed by atoms with E-state index < -0.39 is 0 Å². The maximum atomic E-state index is 6.23. The van der Waals surface area contributed by atoms with Gasteiger partial charge >= 0.3 is 0 Å². The Morgan fingerprint density at radius 3 is 1.74 bits per heavy atom. The van der Waals surface area contributed by atoms with Crippen LogP contribution in [0.15, 0.2) is 28.9 Å². The molecule has 0 aliphatic carbocycles. The topological polar surface area (TPSA) is 77.3 Å². The van der Waals surface area contributed by atoms with Gasteiger partial charge in [-0.2, -0.15) is 10.2 Å². The summed E-state index contributed by atoms with van der Waals surface area (Å²) in [6.07, 6.45) is 2.02. The van der Waals surface area contributed by atoms with Crippen molar-refractivity contribution < 1.29 is 0 Å². The number of aliphatic imine (C=N–C) groups is 1. The van der Waals surface area contributed by atoms with Crippen LogP contribution in [0.3, 0.4) is 0 Å². The molecule has 2 aromatic rings. The Kier molecular flexibility index (Phi) is 8.62. The molecule has 0 saturated heterocycles. The lowest BCUT2D eigenvalue weighted by atomic mass is 10.1. The first-order valence-electron chi connectivity index (χ1n) is 11.2. The van der Waals surface area contributed by atoms with Crippen LogP contribution < -0.4 is 5.73 Å². The van der Waals surface area contributed by atoms with Gasteiger partial charge in [-0.15, -0.1) is 0 Å². The van der Waals surface area contributed by atoms with Crippen LogP contribution in [-0.2, 0) is 27.2 Å². The molecule has 0 saturated carbocycles. The van der Waals surface area contributed by atoms with Crippen molar-refractivity contribution >= 4 is 5.71 Å². The standard InChI is InChI=1S/C24H41N7/c1-16(2)22(25)10-19(26-7)13-31(14-20-11-23(17(3)4)27-29(20)8)15-21-12-24(18(5)6)28-30(21)9/h10-12,16-18H,13-15,25H2,1-9H3. The highest BCUT2D eigenvalue weighted by atomic mass is 15.3. The molecule has 0 aromatic carbocycles. The number of aromatic nitrogens is 4. The van der Waals surface area contributed by atoms with Crippen LogP contribution in [0.2, 0.25) is 0 Å². The average molecular weight is 428 g/mol. The Morgan fingerprint density at radius 1 is 0.968 bits per heavy atom. The third-order valence-electron chi connectivity index (χ3n) is 5.62. The third-order valence-corrected chi connectivity index (χ3v) is 5.62. The SMILES string of the molecule is CN=C(C=C(N)C(C)C)CN(Cc1cc(C(C)C)nn1C)Cc1cc(C(C)C)nn1C. The van der Waals surface area contributed by atoms with Gasteiger partial charge in [0.2, 0.25) is 0 Å². The molecule has 2 heterocycles. The zero-order chi connectivity index (χ0) is 23.3. The van der Waals surface area contributed by atoms with Gasteiger partial charge in [0.25, 0.3) is 0 Å². The summed E-state index contributed by atoms with van der Waals surface area (Å²) < 4.78 is 3.98. The highest BCUT2D eigenvalue weighted by Crippen LogP contribution is 2.19. The minimum Gasteiger partial charge on any atom is -0.402 e. The van der Waals surface area contributed by atoms with E-state index in [-0.39, 0.29) is 0 Å². The fourth-order valence-corrected chi connectivity index (χ4v) is 3.32. The van der Waals surface area contributed by atoms with Gasteiger partial charge in [-0.3, -0.25) is 19.3 Å². The maximum Gasteiger partial charge on any atom is 0.0653 e. The second-order valence-corrected chi connectivity index (χ2v) is 9.34. The molecule has 0 atom stereocenters. The van der Waals surface area contributed by atoms with Crippen LogP contribution >= 0.6 is 0 Å². The van der Waals surface area contributed by atoms with Crippen LogP contribution in [0.1, 0.15) is 76.2 Å². The summed E-state index contributed by atoms with van der Waals surface area (Å²) >= 11 is 0. The molecule has 2 N–H and O–H groups in total. The van der Waals surface area contributed by atoms with Crippen molar-refractivity contribution in [1.29, 1.82) is 0 Å². The first-order valence-corrected chi connectivity index (χ1v) is 11.2. The van der Waals surface area contributed by atoms with Crippen LogP contribution in [0, 0.1) is 5.92 Å². The van der Waals surface area contributed by atoms with Crippen LogP contribution in [0.5, 0.6) is 0 Å². The second kappa shape index (κ2) is 10.8. The summed E-state index contributed by atoms with van der Waals surface area (Å²) in [5, 5.41) is 9.39. The van der Waals surface area contributed by atoms with E-state index >= 15 is 0 Å². The number of hydrogen-bond donors (Lipinski definition) is 1. The Morgan fingerprint density at radius 2 is 1.42 bits per heavy atom. The van der Waals surface area contributed by atoms with Gasteiger partial charge in [0, 0.05) is 46.5 Å². The summed E-state index contributed by atoms with van der Waals surface area (Å²) in [6.45, 7) is 15.1. The Balaban J connectivity index is 2.33. The van der Waals surface area contributed by atoms with Crippen molar-refractivity contribution in [3.63, 3.8) is 0 Å². The molecule has 2 rings (SSSR count). The molecule has 2 aromatic heterocycles. The molecule has 7 nitrogen and oxygen atoms in total. The highest BCUT2D eigenvalue weighted by molar-refractivity contribution is 5.97. The monoisotopic (exact) mass is 427 g/mol. The summed E-state index contributed by atoms with van der Waals surface area (Å²) in [4.78, 5) is 6.90. The Bertz CT molecular complexity index is 858. The lowest BCUT2D eigenvalue weighted by Gasteiger charge is -2.23. The summed E-state index contributed by atoms with van der Waals surface area (Å²) in [6, 6.07) is 4.42. The zero-order valence-electron chi connectivity index (χ0n) is 20.8. The van der Waals surface area contributed by atoms with Gasteiger partial charge in [0.1, 0.15) is 0 Å². The molecule has 0 radical (unpaired) electrons. The molecule has 0 aliphatic heterocycles. The zero-order valence-corrected chi connectivity index (χ0v) is 20.8. The number of aryl methyl sites for hydroxylation is 2. The summed E-state index contributed by atoms with van der Waals surface area (Å²) in [5.74, 6) is 1.10. The molecule has 0 unspecified atom stereocenters. The number of nitrogens with zero attached hydrogens (tertiary/aromatic N) is 6. The minimum absolute atomic E-state index is 0.293. The van der Waals surface area contributed by atoms with E-state index in [2.05, 4.69) is 63.6 Å². The molecule has 0 spiro atoms. The van der Waals surface area contributed by atoms with E-state index in [0.717, 1.165) is 35.9 Å². The van der Waals surface area contributed by atoms with Gasteiger partial charge in [-0.1, -0.05) is 41.5 Å². The van der Waals surface area contributed by atoms with Crippen LogP contribution in [0.4, 0.5) is 0 Å². The maximum absolute atomic E-state index is 6.23. The van der Waals surface area contributed by atoms with E-state index in [1.807, 2.05) is 36.6 Å². The molecule has 0 bridgehead atoms. The fraction of sp³-hybridized carbons (Fsp3) is 0.625. The first-order chi connectivity index (χ1) is 14.5. The van der Waals surface area contributed by atoms with E-state index in [1.54, 1.807) is 0 Å². The van der Waals surface area contributed by atoms with Crippen molar-refractivity contribution in [2.24, 2.45) is 30.7 Å². The van der Waals surface area contributed by atoms with E-state index in [4.69, 9.17) is 15.9 Å². The average Bonchev–Trinajstić information content (AvgIpc) is 3.24. The van der Waals surface area contributed by atoms with Gasteiger partial charge in [-0.05, 0) is 36.0 Å².